The van der Waals surface area contributed by atoms with E-state index in [4.69, 9.17) is 0 Å². The van der Waals surface area contributed by atoms with Crippen LogP contribution in [0.5, 0.6) is 0 Å². The van der Waals surface area contributed by atoms with Crippen LogP contribution in [-0.2, 0) is 0 Å². The van der Waals surface area contributed by atoms with Gasteiger partial charge in [0, 0.05) is 4.47 Å². The van der Waals surface area contributed by atoms with E-state index >= 15 is 0 Å². The van der Waals surface area contributed by atoms with Crippen molar-refractivity contribution in [2.24, 2.45) is 0 Å². The number of hydrogen-bond donors (Lipinski definition) is 0. The summed E-state index contributed by atoms with van der Waals surface area (Å²) >= 11 is 3.31. The number of hydrogen-bond acceptors (Lipinski definition) is 0. The van der Waals surface area contributed by atoms with Crippen molar-refractivity contribution in [3.8, 4) is 0 Å². The fraction of sp³-hybridized carbons (Fsp3) is 0.200. The standard InChI is InChI=1S/C6H5Br.C4H6/c7-6-4-2-1-3-5-6;1-2-4-3-1/h1-5H;1-2H,3-4H2. The molecule has 11 heavy (non-hydrogen) atoms. The number of benzene rings is 1. The maximum absolute atomic E-state index is 3.31. The van der Waals surface area contributed by atoms with Crippen molar-refractivity contribution >= 4 is 15.9 Å². The molecule has 0 unspecified atom stereocenters. The molecule has 1 aromatic carbocycles. The van der Waals surface area contributed by atoms with Crippen molar-refractivity contribution in [1.29, 1.82) is 0 Å². The molecule has 0 amide bonds. The molecule has 0 nitrogen and oxygen atoms in total. The van der Waals surface area contributed by atoms with Crippen LogP contribution in [-0.4, -0.2) is 0 Å². The first kappa shape index (κ1) is 8.54. The van der Waals surface area contributed by atoms with Crippen LogP contribution in [0.3, 0.4) is 0 Å². The highest BCUT2D eigenvalue weighted by atomic mass is 79.9. The summed E-state index contributed by atoms with van der Waals surface area (Å²) in [7, 11) is 0. The molecule has 0 saturated heterocycles. The fourth-order valence-electron chi connectivity index (χ4n) is 0.581. The number of rotatable bonds is 0. The number of allylic oxidation sites excluding steroid dienone is 2. The van der Waals surface area contributed by atoms with E-state index < -0.39 is 0 Å². The lowest BCUT2D eigenvalue weighted by molar-refractivity contribution is 0.962. The van der Waals surface area contributed by atoms with E-state index in [1.54, 1.807) is 0 Å². The Morgan fingerprint density at radius 1 is 0.909 bits per heavy atom. The Morgan fingerprint density at radius 2 is 1.36 bits per heavy atom. The van der Waals surface area contributed by atoms with Crippen LogP contribution in [0.15, 0.2) is 47.0 Å². The summed E-state index contributed by atoms with van der Waals surface area (Å²) in [6, 6.07) is 9.97. The maximum atomic E-state index is 3.31. The molecule has 1 aliphatic rings. The Balaban J connectivity index is 0.000000128. The van der Waals surface area contributed by atoms with Crippen molar-refractivity contribution in [2.75, 3.05) is 0 Å². The molecule has 0 fully saturated rings. The zero-order chi connectivity index (χ0) is 7.94. The molecule has 1 aliphatic carbocycles. The smallest absolute Gasteiger partial charge is 0.0175 e. The average Bonchev–Trinajstić information content (AvgIpc) is 1.85. The molecule has 0 N–H and O–H groups in total. The van der Waals surface area contributed by atoms with Crippen molar-refractivity contribution in [2.45, 2.75) is 12.8 Å². The maximum Gasteiger partial charge on any atom is 0.0175 e. The molecule has 0 radical (unpaired) electrons. The van der Waals surface area contributed by atoms with Gasteiger partial charge < -0.3 is 0 Å². The highest BCUT2D eigenvalue weighted by Gasteiger charge is 1.81. The van der Waals surface area contributed by atoms with Crippen molar-refractivity contribution in [1.82, 2.24) is 0 Å². The summed E-state index contributed by atoms with van der Waals surface area (Å²) in [5.41, 5.74) is 0. The largest absolute Gasteiger partial charge is 0.0882 e. The first-order valence-electron chi connectivity index (χ1n) is 3.75. The van der Waals surface area contributed by atoms with Crippen LogP contribution in [0.25, 0.3) is 0 Å². The summed E-state index contributed by atoms with van der Waals surface area (Å²) in [4.78, 5) is 0. The van der Waals surface area contributed by atoms with Crippen molar-refractivity contribution in [3.63, 3.8) is 0 Å². The summed E-state index contributed by atoms with van der Waals surface area (Å²) in [6.45, 7) is 0. The van der Waals surface area contributed by atoms with Crippen LogP contribution in [0.2, 0.25) is 0 Å². The average molecular weight is 211 g/mol. The molecule has 1 heteroatoms. The van der Waals surface area contributed by atoms with Gasteiger partial charge in [-0.05, 0) is 25.0 Å². The quantitative estimate of drug-likeness (QED) is 0.572. The third-order valence-corrected chi connectivity index (χ3v) is 1.93. The second kappa shape index (κ2) is 5.14. The molecule has 0 atom stereocenters. The molecule has 1 aromatic rings. The minimum Gasteiger partial charge on any atom is -0.0882 e. The van der Waals surface area contributed by atoms with Crippen molar-refractivity contribution in [3.05, 3.63) is 47.0 Å². The van der Waals surface area contributed by atoms with E-state index in [-0.39, 0.29) is 0 Å². The van der Waals surface area contributed by atoms with Crippen LogP contribution >= 0.6 is 15.9 Å². The van der Waals surface area contributed by atoms with E-state index in [1.807, 2.05) is 30.3 Å². The van der Waals surface area contributed by atoms with Crippen LogP contribution in [0.4, 0.5) is 0 Å². The van der Waals surface area contributed by atoms with E-state index in [0.717, 1.165) is 4.47 Å². The second-order valence-corrected chi connectivity index (χ2v) is 3.26. The third-order valence-electron chi connectivity index (χ3n) is 1.40. The van der Waals surface area contributed by atoms with Gasteiger partial charge in [0.1, 0.15) is 0 Å². The predicted molar refractivity (Wildman–Crippen MR) is 52.5 cm³/mol. The van der Waals surface area contributed by atoms with Gasteiger partial charge in [0.15, 0.2) is 0 Å². The molecule has 0 saturated carbocycles. The van der Waals surface area contributed by atoms with E-state index in [1.165, 1.54) is 12.8 Å². The van der Waals surface area contributed by atoms with E-state index in [9.17, 15) is 0 Å². The first-order valence-corrected chi connectivity index (χ1v) is 4.54. The Bertz CT molecular complexity index is 208. The Morgan fingerprint density at radius 3 is 1.55 bits per heavy atom. The van der Waals surface area contributed by atoms with Gasteiger partial charge in [-0.2, -0.15) is 0 Å². The van der Waals surface area contributed by atoms with Crippen LogP contribution in [0, 0.1) is 0 Å². The van der Waals surface area contributed by atoms with Crippen LogP contribution < -0.4 is 0 Å². The summed E-state index contributed by atoms with van der Waals surface area (Å²) in [5, 5.41) is 0. The van der Waals surface area contributed by atoms with Gasteiger partial charge in [-0.15, -0.1) is 0 Å². The molecular weight excluding hydrogens is 200 g/mol. The van der Waals surface area contributed by atoms with Gasteiger partial charge in [0.05, 0.1) is 0 Å². The fourth-order valence-corrected chi connectivity index (χ4v) is 0.887. The van der Waals surface area contributed by atoms with Gasteiger partial charge in [0.2, 0.25) is 0 Å². The third kappa shape index (κ3) is 3.99. The van der Waals surface area contributed by atoms with E-state index in [2.05, 4.69) is 28.1 Å². The summed E-state index contributed by atoms with van der Waals surface area (Å²) < 4.78 is 1.13. The molecular formula is C10H11Br. The molecule has 0 bridgehead atoms. The van der Waals surface area contributed by atoms with Crippen LogP contribution in [0.1, 0.15) is 12.8 Å². The highest BCUT2D eigenvalue weighted by molar-refractivity contribution is 9.10. The van der Waals surface area contributed by atoms with Gasteiger partial charge in [0.25, 0.3) is 0 Å². The van der Waals surface area contributed by atoms with Gasteiger partial charge in [-0.1, -0.05) is 46.3 Å². The topological polar surface area (TPSA) is 0 Å². The highest BCUT2D eigenvalue weighted by Crippen LogP contribution is 2.05. The van der Waals surface area contributed by atoms with Crippen molar-refractivity contribution < 1.29 is 0 Å². The molecule has 0 aromatic heterocycles. The molecule has 0 heterocycles. The minimum absolute atomic E-state index is 1.13. The second-order valence-electron chi connectivity index (χ2n) is 2.34. The van der Waals surface area contributed by atoms with Gasteiger partial charge >= 0.3 is 0 Å². The Kier molecular flexibility index (Phi) is 3.99. The minimum atomic E-state index is 1.13. The zero-order valence-electron chi connectivity index (χ0n) is 6.33. The lowest BCUT2D eigenvalue weighted by atomic mass is 10.1. The molecule has 0 aliphatic heterocycles. The monoisotopic (exact) mass is 210 g/mol. The Hall–Kier alpha value is -0.560. The molecule has 0 spiro atoms. The lowest BCUT2D eigenvalue weighted by Crippen LogP contribution is -1.71. The zero-order valence-corrected chi connectivity index (χ0v) is 7.92. The van der Waals surface area contributed by atoms with Gasteiger partial charge in [-0.25, -0.2) is 0 Å². The normalized spacial score (nSPS) is 12.8. The SMILES string of the molecule is Brc1ccccc1.C1=CCC1. The predicted octanol–water partition coefficient (Wildman–Crippen LogP) is 3.79. The van der Waals surface area contributed by atoms with E-state index in [0.29, 0.717) is 0 Å². The summed E-state index contributed by atoms with van der Waals surface area (Å²) in [6.07, 6.45) is 7.00. The number of halogens is 1. The molecule has 58 valence electrons. The Labute approximate surface area is 76.1 Å². The molecule has 2 rings (SSSR count). The van der Waals surface area contributed by atoms with Gasteiger partial charge in [-0.3, -0.25) is 0 Å². The summed E-state index contributed by atoms with van der Waals surface area (Å²) in [5.74, 6) is 0. The lowest BCUT2D eigenvalue weighted by Gasteiger charge is -1.92. The first-order chi connectivity index (χ1) is 5.39.